The van der Waals surface area contributed by atoms with Crippen LogP contribution in [-0.2, 0) is 29.4 Å². The van der Waals surface area contributed by atoms with E-state index in [-0.39, 0.29) is 5.97 Å². The average Bonchev–Trinajstić information content (AvgIpc) is 2.55. The largest absolute Gasteiger partial charge is 0.469 e. The topological polar surface area (TPSA) is 44.1 Å². The van der Waals surface area contributed by atoms with Crippen LogP contribution >= 0.6 is 0 Å². The van der Waals surface area contributed by atoms with Gasteiger partial charge in [0.1, 0.15) is 0 Å². The van der Waals surface area contributed by atoms with Gasteiger partial charge in [-0.1, -0.05) is 6.92 Å². The summed E-state index contributed by atoms with van der Waals surface area (Å²) in [5, 5.41) is 4.30. The molecular weight excluding hydrogens is 180 g/mol. The van der Waals surface area contributed by atoms with Gasteiger partial charge in [-0.2, -0.15) is 5.10 Å². The molecule has 0 bridgehead atoms. The number of methoxy groups -OCH3 is 1. The summed E-state index contributed by atoms with van der Waals surface area (Å²) < 4.78 is 6.42. The van der Waals surface area contributed by atoms with Crippen LogP contribution in [0.3, 0.4) is 0 Å². The van der Waals surface area contributed by atoms with E-state index < -0.39 is 0 Å². The van der Waals surface area contributed by atoms with Gasteiger partial charge in [-0.15, -0.1) is 0 Å². The first-order valence-electron chi connectivity index (χ1n) is 4.76. The summed E-state index contributed by atoms with van der Waals surface area (Å²) in [4.78, 5) is 10.9. The molecule has 0 spiro atoms. The zero-order valence-electron chi connectivity index (χ0n) is 8.91. The van der Waals surface area contributed by atoms with E-state index in [0.29, 0.717) is 12.8 Å². The second kappa shape index (κ2) is 4.79. The molecule has 1 heterocycles. The first-order chi connectivity index (χ1) is 6.67. The van der Waals surface area contributed by atoms with Gasteiger partial charge in [0.15, 0.2) is 0 Å². The summed E-state index contributed by atoms with van der Waals surface area (Å²) in [5.41, 5.74) is 2.14. The maximum Gasteiger partial charge on any atom is 0.305 e. The van der Waals surface area contributed by atoms with Gasteiger partial charge >= 0.3 is 5.97 Å². The zero-order chi connectivity index (χ0) is 10.6. The highest BCUT2D eigenvalue weighted by atomic mass is 16.5. The van der Waals surface area contributed by atoms with E-state index in [2.05, 4.69) is 16.8 Å². The third-order valence-corrected chi connectivity index (χ3v) is 2.20. The minimum atomic E-state index is -0.186. The van der Waals surface area contributed by atoms with E-state index >= 15 is 0 Å². The van der Waals surface area contributed by atoms with Crippen LogP contribution in [-0.4, -0.2) is 22.9 Å². The quantitative estimate of drug-likeness (QED) is 0.677. The van der Waals surface area contributed by atoms with Gasteiger partial charge < -0.3 is 4.74 Å². The summed E-state index contributed by atoms with van der Waals surface area (Å²) in [6, 6.07) is 2.03. The number of aryl methyl sites for hydroxylation is 3. The van der Waals surface area contributed by atoms with Gasteiger partial charge in [0.25, 0.3) is 0 Å². The number of esters is 1. The molecule has 0 fully saturated rings. The van der Waals surface area contributed by atoms with Crippen LogP contribution in [0.5, 0.6) is 0 Å². The fraction of sp³-hybridized carbons (Fsp3) is 0.600. The summed E-state index contributed by atoms with van der Waals surface area (Å²) in [5.74, 6) is -0.186. The Morgan fingerprint density at radius 3 is 2.86 bits per heavy atom. The van der Waals surface area contributed by atoms with Crippen molar-refractivity contribution in [2.45, 2.75) is 26.2 Å². The summed E-state index contributed by atoms with van der Waals surface area (Å²) in [7, 11) is 3.32. The molecule has 78 valence electrons. The maximum absolute atomic E-state index is 10.9. The molecule has 0 atom stereocenters. The Labute approximate surface area is 83.9 Å². The molecule has 0 aromatic carbocycles. The van der Waals surface area contributed by atoms with E-state index in [0.717, 1.165) is 12.1 Å². The number of hydrogen-bond acceptors (Lipinski definition) is 3. The number of carbonyl (C=O) groups is 1. The van der Waals surface area contributed by atoms with E-state index in [1.54, 1.807) is 0 Å². The monoisotopic (exact) mass is 196 g/mol. The second-order valence-electron chi connectivity index (χ2n) is 3.18. The average molecular weight is 196 g/mol. The molecule has 0 aliphatic carbocycles. The number of nitrogens with zero attached hydrogens (tertiary/aromatic N) is 2. The molecule has 1 rings (SSSR count). The highest BCUT2D eigenvalue weighted by Gasteiger charge is 2.06. The van der Waals surface area contributed by atoms with Gasteiger partial charge in [0.2, 0.25) is 0 Å². The Balaban J connectivity index is 2.55. The molecule has 0 unspecified atom stereocenters. The van der Waals surface area contributed by atoms with Crippen LogP contribution in [0, 0.1) is 0 Å². The Bertz CT molecular complexity index is 318. The molecule has 0 amide bonds. The fourth-order valence-electron chi connectivity index (χ4n) is 1.36. The number of aromatic nitrogens is 2. The predicted octanol–water partition coefficient (Wildman–Crippen LogP) is 1.09. The van der Waals surface area contributed by atoms with Crippen LogP contribution in [0.1, 0.15) is 24.7 Å². The molecule has 1 aromatic rings. The molecule has 4 heteroatoms. The number of carbonyl (C=O) groups excluding carboxylic acids is 1. The van der Waals surface area contributed by atoms with Gasteiger partial charge in [0, 0.05) is 19.2 Å². The third-order valence-electron chi connectivity index (χ3n) is 2.20. The van der Waals surface area contributed by atoms with Crippen molar-refractivity contribution < 1.29 is 9.53 Å². The first-order valence-corrected chi connectivity index (χ1v) is 4.76. The summed E-state index contributed by atoms with van der Waals surface area (Å²) in [6.07, 6.45) is 2.01. The van der Waals surface area contributed by atoms with Crippen molar-refractivity contribution >= 4 is 5.97 Å². The van der Waals surface area contributed by atoms with E-state index in [4.69, 9.17) is 0 Å². The highest BCUT2D eigenvalue weighted by Crippen LogP contribution is 2.06. The normalized spacial score (nSPS) is 10.2. The molecule has 0 saturated carbocycles. The number of rotatable bonds is 4. The predicted molar refractivity (Wildman–Crippen MR) is 52.9 cm³/mol. The minimum Gasteiger partial charge on any atom is -0.469 e. The zero-order valence-corrected chi connectivity index (χ0v) is 8.91. The van der Waals surface area contributed by atoms with Crippen LogP contribution < -0.4 is 0 Å². The molecule has 0 radical (unpaired) electrons. The molecule has 14 heavy (non-hydrogen) atoms. The van der Waals surface area contributed by atoms with Gasteiger partial charge in [-0.25, -0.2) is 0 Å². The maximum atomic E-state index is 10.9. The Hall–Kier alpha value is -1.32. The van der Waals surface area contributed by atoms with Crippen molar-refractivity contribution in [1.82, 2.24) is 9.78 Å². The second-order valence-corrected chi connectivity index (χ2v) is 3.18. The smallest absolute Gasteiger partial charge is 0.305 e. The lowest BCUT2D eigenvalue weighted by molar-refractivity contribution is -0.140. The number of hydrogen-bond donors (Lipinski definition) is 0. The molecule has 0 aliphatic rings. The molecule has 1 aromatic heterocycles. The van der Waals surface area contributed by atoms with Crippen molar-refractivity contribution in [2.24, 2.45) is 7.05 Å². The van der Waals surface area contributed by atoms with Crippen molar-refractivity contribution in [3.05, 3.63) is 17.5 Å². The molecular formula is C10H16N2O2. The van der Waals surface area contributed by atoms with E-state index in [1.165, 1.54) is 12.8 Å². The van der Waals surface area contributed by atoms with Crippen LogP contribution in [0.25, 0.3) is 0 Å². The lowest BCUT2D eigenvalue weighted by Gasteiger charge is -1.95. The Kier molecular flexibility index (Phi) is 3.68. The fourth-order valence-corrected chi connectivity index (χ4v) is 1.36. The van der Waals surface area contributed by atoms with Gasteiger partial charge in [0.05, 0.1) is 19.2 Å². The van der Waals surface area contributed by atoms with Crippen molar-refractivity contribution in [1.29, 1.82) is 0 Å². The van der Waals surface area contributed by atoms with Gasteiger partial charge in [-0.05, 0) is 12.5 Å². The highest BCUT2D eigenvalue weighted by molar-refractivity contribution is 5.69. The van der Waals surface area contributed by atoms with E-state index in [9.17, 15) is 4.79 Å². The Morgan fingerprint density at radius 2 is 2.36 bits per heavy atom. The summed E-state index contributed by atoms with van der Waals surface area (Å²) >= 11 is 0. The minimum absolute atomic E-state index is 0.186. The van der Waals surface area contributed by atoms with Crippen molar-refractivity contribution in [2.75, 3.05) is 7.11 Å². The first kappa shape index (κ1) is 10.8. The summed E-state index contributed by atoms with van der Waals surface area (Å²) in [6.45, 7) is 2.08. The van der Waals surface area contributed by atoms with Crippen LogP contribution in [0.15, 0.2) is 6.07 Å². The van der Waals surface area contributed by atoms with Gasteiger partial charge in [-0.3, -0.25) is 9.48 Å². The third kappa shape index (κ3) is 2.58. The standard InChI is InChI=1S/C10H16N2O2/c1-4-9-7-8(11-12(9)2)5-6-10(13)14-3/h7H,4-6H2,1-3H3. The molecule has 0 N–H and O–H groups in total. The van der Waals surface area contributed by atoms with Crippen molar-refractivity contribution in [3.8, 4) is 0 Å². The van der Waals surface area contributed by atoms with E-state index in [1.807, 2.05) is 17.8 Å². The Morgan fingerprint density at radius 1 is 1.64 bits per heavy atom. The van der Waals surface area contributed by atoms with Crippen LogP contribution in [0.2, 0.25) is 0 Å². The number of ether oxygens (including phenoxy) is 1. The molecule has 0 saturated heterocycles. The van der Waals surface area contributed by atoms with Crippen molar-refractivity contribution in [3.63, 3.8) is 0 Å². The lowest BCUT2D eigenvalue weighted by Crippen LogP contribution is -2.02. The van der Waals surface area contributed by atoms with Crippen LogP contribution in [0.4, 0.5) is 0 Å². The lowest BCUT2D eigenvalue weighted by atomic mass is 10.2. The molecule has 0 aliphatic heterocycles. The SMILES string of the molecule is CCc1cc(CCC(=O)OC)nn1C. The molecule has 4 nitrogen and oxygen atoms in total.